The number of Topliss-reactive ketones (excluding diaryl/α,β-unsaturated/α-hetero) is 1. The van der Waals surface area contributed by atoms with Crippen LogP contribution < -0.4 is 4.74 Å². The van der Waals surface area contributed by atoms with E-state index in [1.54, 1.807) is 0 Å². The monoisotopic (exact) mass is 425 g/mol. The minimum absolute atomic E-state index is 0.142. The van der Waals surface area contributed by atoms with Gasteiger partial charge >= 0.3 is 0 Å². The molecule has 0 saturated heterocycles. The topological polar surface area (TPSA) is 59.4 Å². The molecule has 0 radical (unpaired) electrons. The molecule has 2 heterocycles. The van der Waals surface area contributed by atoms with E-state index in [0.717, 1.165) is 58.3 Å². The molecule has 162 valence electrons. The number of aromatic nitrogens is 1. The van der Waals surface area contributed by atoms with Crippen molar-refractivity contribution in [3.05, 3.63) is 47.5 Å². The summed E-state index contributed by atoms with van der Waals surface area (Å²) in [5, 5.41) is 14.7. The molecule has 32 heavy (non-hydrogen) atoms. The standard InChI is InChI=1S/C28H27NO3/c1-26-22(30)9-11-28(31)20-14-17-13-18-12-16-4-2-3-5-21(16)29-24(18)25(32-26)23(17)27(26,28)10-8-19(20)15-6-7-15/h2-5,12-13,15,19-20,31H,6-11,14H2,1H3/t19?,20-,26-,27-,28+/m0/s1. The molecule has 4 aliphatic carbocycles. The Morgan fingerprint density at radius 1 is 1.09 bits per heavy atom. The molecule has 4 heteroatoms. The van der Waals surface area contributed by atoms with Gasteiger partial charge in [-0.15, -0.1) is 0 Å². The Hall–Kier alpha value is -2.46. The lowest BCUT2D eigenvalue weighted by Gasteiger charge is -2.64. The first-order valence-electron chi connectivity index (χ1n) is 12.3. The number of fused-ring (bicyclic) bond motifs is 3. The largest absolute Gasteiger partial charge is 0.476 e. The van der Waals surface area contributed by atoms with Gasteiger partial charge in [-0.25, -0.2) is 4.98 Å². The van der Waals surface area contributed by atoms with Crippen LogP contribution in [0.4, 0.5) is 0 Å². The van der Waals surface area contributed by atoms with E-state index in [1.807, 2.05) is 25.1 Å². The van der Waals surface area contributed by atoms with Crippen LogP contribution in [0.5, 0.6) is 5.75 Å². The number of ether oxygens (including phenoxy) is 1. The molecular formula is C28H27NO3. The number of pyridine rings is 1. The van der Waals surface area contributed by atoms with Gasteiger partial charge < -0.3 is 9.84 Å². The lowest BCUT2D eigenvalue weighted by Crippen LogP contribution is -2.75. The number of carbonyl (C=O) groups is 1. The first-order valence-corrected chi connectivity index (χ1v) is 12.3. The molecule has 3 saturated carbocycles. The fourth-order valence-electron chi connectivity index (χ4n) is 8.55. The third-order valence-electron chi connectivity index (χ3n) is 10.0. The summed E-state index contributed by atoms with van der Waals surface area (Å²) in [6.07, 6.45) is 6.37. The Kier molecular flexibility index (Phi) is 3.02. The molecule has 1 unspecified atom stereocenters. The average molecular weight is 426 g/mol. The number of aliphatic hydroxyl groups is 1. The summed E-state index contributed by atoms with van der Waals surface area (Å²) in [4.78, 5) is 18.5. The summed E-state index contributed by atoms with van der Waals surface area (Å²) in [7, 11) is 0. The molecule has 5 atom stereocenters. The molecule has 5 aliphatic rings. The highest BCUT2D eigenvalue weighted by molar-refractivity contribution is 6.00. The second kappa shape index (κ2) is 5.36. The van der Waals surface area contributed by atoms with E-state index in [1.165, 1.54) is 18.4 Å². The maximum Gasteiger partial charge on any atom is 0.177 e. The predicted molar refractivity (Wildman–Crippen MR) is 122 cm³/mol. The Bertz CT molecular complexity index is 1380. The van der Waals surface area contributed by atoms with Crippen LogP contribution in [-0.4, -0.2) is 27.1 Å². The fraction of sp³-hybridized carbons (Fsp3) is 0.500. The first-order chi connectivity index (χ1) is 15.5. The van der Waals surface area contributed by atoms with E-state index < -0.39 is 16.6 Å². The minimum Gasteiger partial charge on any atom is -0.476 e. The van der Waals surface area contributed by atoms with Gasteiger partial charge in [-0.1, -0.05) is 18.2 Å². The zero-order chi connectivity index (χ0) is 21.5. The van der Waals surface area contributed by atoms with Crippen LogP contribution in [0.2, 0.25) is 0 Å². The quantitative estimate of drug-likeness (QED) is 0.566. The van der Waals surface area contributed by atoms with Gasteiger partial charge in [-0.3, -0.25) is 4.79 Å². The zero-order valence-electron chi connectivity index (χ0n) is 18.4. The average Bonchev–Trinajstić information content (AvgIpc) is 3.57. The lowest BCUT2D eigenvalue weighted by atomic mass is 9.40. The van der Waals surface area contributed by atoms with Crippen molar-refractivity contribution in [2.24, 2.45) is 17.8 Å². The van der Waals surface area contributed by atoms with Crippen molar-refractivity contribution >= 4 is 27.6 Å². The van der Waals surface area contributed by atoms with Gasteiger partial charge in [0.05, 0.1) is 16.5 Å². The van der Waals surface area contributed by atoms with Gasteiger partial charge in [0.15, 0.2) is 17.1 Å². The van der Waals surface area contributed by atoms with Crippen LogP contribution in [0.3, 0.4) is 0 Å². The van der Waals surface area contributed by atoms with Crippen LogP contribution in [0.25, 0.3) is 21.8 Å². The Morgan fingerprint density at radius 3 is 2.78 bits per heavy atom. The molecule has 0 amide bonds. The third-order valence-corrected chi connectivity index (χ3v) is 10.0. The van der Waals surface area contributed by atoms with E-state index >= 15 is 0 Å². The highest BCUT2D eigenvalue weighted by atomic mass is 16.5. The van der Waals surface area contributed by atoms with Crippen LogP contribution in [0, 0.1) is 17.8 Å². The summed E-state index contributed by atoms with van der Waals surface area (Å²) in [6, 6.07) is 12.7. The van der Waals surface area contributed by atoms with Gasteiger partial charge in [0, 0.05) is 22.8 Å². The van der Waals surface area contributed by atoms with Crippen LogP contribution in [0.15, 0.2) is 36.4 Å². The molecule has 3 fully saturated rings. The van der Waals surface area contributed by atoms with Crippen molar-refractivity contribution in [2.75, 3.05) is 0 Å². The van der Waals surface area contributed by atoms with Crippen molar-refractivity contribution < 1.29 is 14.6 Å². The summed E-state index contributed by atoms with van der Waals surface area (Å²) in [5.74, 6) is 2.43. The molecule has 1 spiro atoms. The maximum absolute atomic E-state index is 13.5. The highest BCUT2D eigenvalue weighted by Gasteiger charge is 2.78. The molecule has 1 aromatic heterocycles. The van der Waals surface area contributed by atoms with E-state index in [2.05, 4.69) is 18.2 Å². The summed E-state index contributed by atoms with van der Waals surface area (Å²) < 4.78 is 6.75. The fourth-order valence-corrected chi connectivity index (χ4v) is 8.55. The number of rotatable bonds is 1. The molecule has 1 aliphatic heterocycles. The zero-order valence-corrected chi connectivity index (χ0v) is 18.4. The van der Waals surface area contributed by atoms with Crippen LogP contribution in [0.1, 0.15) is 56.6 Å². The SMILES string of the molecule is C[C@@]12Oc3c4c(cc5cc6ccccc6nc35)C[C@H]3C(C5CC5)CC[C@]41[C@@]3(O)CCC2=O. The summed E-state index contributed by atoms with van der Waals surface area (Å²) >= 11 is 0. The van der Waals surface area contributed by atoms with Crippen molar-refractivity contribution in [1.29, 1.82) is 0 Å². The summed E-state index contributed by atoms with van der Waals surface area (Å²) in [6.45, 7) is 1.97. The molecule has 4 nitrogen and oxygen atoms in total. The molecule has 3 aromatic rings. The number of hydrogen-bond donors (Lipinski definition) is 1. The van der Waals surface area contributed by atoms with Gasteiger partial charge in [0.25, 0.3) is 0 Å². The Labute approximate surface area is 187 Å². The highest BCUT2D eigenvalue weighted by Crippen LogP contribution is 2.72. The minimum atomic E-state index is -1.01. The number of nitrogens with zero attached hydrogens (tertiary/aromatic N) is 1. The molecule has 2 bridgehead atoms. The Balaban J connectivity index is 1.49. The van der Waals surface area contributed by atoms with Crippen LogP contribution in [-0.2, 0) is 16.6 Å². The number of hydrogen-bond acceptors (Lipinski definition) is 4. The van der Waals surface area contributed by atoms with Crippen molar-refractivity contribution in [2.45, 2.75) is 68.5 Å². The molecular weight excluding hydrogens is 398 g/mol. The first kappa shape index (κ1) is 18.0. The number of ketones is 1. The molecule has 1 N–H and O–H groups in total. The van der Waals surface area contributed by atoms with E-state index in [9.17, 15) is 9.90 Å². The second-order valence-electron chi connectivity index (χ2n) is 11.2. The molecule has 8 rings (SSSR count). The van der Waals surface area contributed by atoms with Crippen molar-refractivity contribution in [1.82, 2.24) is 4.98 Å². The number of para-hydroxylation sites is 1. The number of carbonyl (C=O) groups excluding carboxylic acids is 1. The van der Waals surface area contributed by atoms with E-state index in [4.69, 9.17) is 9.72 Å². The van der Waals surface area contributed by atoms with E-state index in [-0.39, 0.29) is 11.7 Å². The van der Waals surface area contributed by atoms with Gasteiger partial charge in [0.1, 0.15) is 5.52 Å². The normalized spacial score (nSPS) is 39.2. The third kappa shape index (κ3) is 1.78. The van der Waals surface area contributed by atoms with Crippen LogP contribution >= 0.6 is 0 Å². The lowest BCUT2D eigenvalue weighted by molar-refractivity contribution is -0.211. The summed E-state index contributed by atoms with van der Waals surface area (Å²) in [5.41, 5.74) is 1.64. The van der Waals surface area contributed by atoms with Gasteiger partial charge in [0.2, 0.25) is 0 Å². The molecule has 2 aromatic carbocycles. The smallest absolute Gasteiger partial charge is 0.177 e. The maximum atomic E-state index is 13.5. The number of benzene rings is 2. The van der Waals surface area contributed by atoms with Crippen molar-refractivity contribution in [3.63, 3.8) is 0 Å². The van der Waals surface area contributed by atoms with E-state index in [0.29, 0.717) is 18.8 Å². The Morgan fingerprint density at radius 2 is 1.94 bits per heavy atom. The van der Waals surface area contributed by atoms with Gasteiger partial charge in [-0.2, -0.15) is 0 Å². The predicted octanol–water partition coefficient (Wildman–Crippen LogP) is 4.86. The van der Waals surface area contributed by atoms with Crippen molar-refractivity contribution in [3.8, 4) is 5.75 Å². The van der Waals surface area contributed by atoms with Gasteiger partial charge in [-0.05, 0) is 87.0 Å². The second-order valence-corrected chi connectivity index (χ2v) is 11.2.